The van der Waals surface area contributed by atoms with Gasteiger partial charge in [0.05, 0.1) is 17.9 Å². The normalized spacial score (nSPS) is 37.6. The van der Waals surface area contributed by atoms with E-state index in [9.17, 15) is 8.42 Å². The van der Waals surface area contributed by atoms with Gasteiger partial charge >= 0.3 is 0 Å². The van der Waals surface area contributed by atoms with Gasteiger partial charge in [0.25, 0.3) is 0 Å². The summed E-state index contributed by atoms with van der Waals surface area (Å²) >= 11 is 0. The number of fused-ring (bicyclic) bond motifs is 1. The second-order valence-electron chi connectivity index (χ2n) is 5.54. The molecule has 4 unspecified atom stereocenters. The SMILES string of the molecule is CC(C)CS(=O)(=O)NC1C(N)C2CCCOC21. The van der Waals surface area contributed by atoms with Crippen LogP contribution >= 0.6 is 0 Å². The maximum Gasteiger partial charge on any atom is 0.212 e. The van der Waals surface area contributed by atoms with E-state index in [2.05, 4.69) is 4.72 Å². The fourth-order valence-corrected chi connectivity index (χ4v) is 4.47. The molecule has 3 N–H and O–H groups in total. The van der Waals surface area contributed by atoms with Gasteiger partial charge in [0, 0.05) is 18.6 Å². The average Bonchev–Trinajstić information content (AvgIpc) is 2.24. The molecule has 0 spiro atoms. The molecular formula is C11H22N2O3S. The van der Waals surface area contributed by atoms with Gasteiger partial charge in [0.2, 0.25) is 10.0 Å². The molecule has 0 aromatic heterocycles. The summed E-state index contributed by atoms with van der Waals surface area (Å²) in [4.78, 5) is 0. The van der Waals surface area contributed by atoms with Crippen molar-refractivity contribution in [2.24, 2.45) is 17.6 Å². The van der Waals surface area contributed by atoms with Crippen molar-refractivity contribution in [1.82, 2.24) is 4.72 Å². The van der Waals surface area contributed by atoms with Crippen LogP contribution in [0.5, 0.6) is 0 Å². The number of nitrogens with two attached hydrogens (primary N) is 1. The summed E-state index contributed by atoms with van der Waals surface area (Å²) in [6.45, 7) is 4.50. The maximum atomic E-state index is 11.8. The van der Waals surface area contributed by atoms with Crippen molar-refractivity contribution < 1.29 is 13.2 Å². The molecular weight excluding hydrogens is 240 g/mol. The summed E-state index contributed by atoms with van der Waals surface area (Å²) in [5.74, 6) is 0.593. The molecule has 2 aliphatic rings. The molecule has 1 aliphatic heterocycles. The van der Waals surface area contributed by atoms with Crippen molar-refractivity contribution >= 4 is 10.0 Å². The Morgan fingerprint density at radius 1 is 1.47 bits per heavy atom. The van der Waals surface area contributed by atoms with Crippen LogP contribution in [0.15, 0.2) is 0 Å². The third-order valence-corrected chi connectivity index (χ3v) is 5.28. The lowest BCUT2D eigenvalue weighted by atomic mass is 9.69. The third-order valence-electron chi connectivity index (χ3n) is 3.55. The highest BCUT2D eigenvalue weighted by Crippen LogP contribution is 2.37. The number of rotatable bonds is 4. The summed E-state index contributed by atoms with van der Waals surface area (Å²) in [5, 5.41) is 0. The van der Waals surface area contributed by atoms with Gasteiger partial charge in [0.15, 0.2) is 0 Å². The molecule has 4 atom stereocenters. The Labute approximate surface area is 103 Å². The first-order valence-electron chi connectivity index (χ1n) is 6.28. The van der Waals surface area contributed by atoms with Gasteiger partial charge in [-0.15, -0.1) is 0 Å². The first kappa shape index (κ1) is 13.3. The van der Waals surface area contributed by atoms with Crippen molar-refractivity contribution in [2.75, 3.05) is 12.4 Å². The molecule has 1 aliphatic carbocycles. The van der Waals surface area contributed by atoms with Crippen molar-refractivity contribution in [1.29, 1.82) is 0 Å². The number of ether oxygens (including phenoxy) is 1. The summed E-state index contributed by atoms with van der Waals surface area (Å²) < 4.78 is 32.0. The van der Waals surface area contributed by atoms with E-state index in [0.717, 1.165) is 19.4 Å². The molecule has 0 aromatic rings. The Bertz CT molecular complexity index is 369. The highest BCUT2D eigenvalue weighted by atomic mass is 32.2. The largest absolute Gasteiger partial charge is 0.376 e. The predicted octanol–water partition coefficient (Wildman–Crippen LogP) is 0.0665. The van der Waals surface area contributed by atoms with Crippen LogP contribution in [-0.2, 0) is 14.8 Å². The zero-order valence-electron chi connectivity index (χ0n) is 10.4. The van der Waals surface area contributed by atoms with Gasteiger partial charge in [-0.25, -0.2) is 13.1 Å². The lowest BCUT2D eigenvalue weighted by Gasteiger charge is -2.52. The number of hydrogen-bond acceptors (Lipinski definition) is 4. The molecule has 6 heteroatoms. The Hall–Kier alpha value is -0.170. The standard InChI is InChI=1S/C11H22N2O3S/c1-7(2)6-17(14,15)13-10-9(12)8-4-3-5-16-11(8)10/h7-11,13H,3-6,12H2,1-2H3. The molecule has 100 valence electrons. The number of sulfonamides is 1. The lowest BCUT2D eigenvalue weighted by molar-refractivity contribution is -0.114. The molecule has 1 saturated carbocycles. The maximum absolute atomic E-state index is 11.8. The van der Waals surface area contributed by atoms with E-state index < -0.39 is 10.0 Å². The Morgan fingerprint density at radius 2 is 2.18 bits per heavy atom. The topological polar surface area (TPSA) is 81.4 Å². The molecule has 17 heavy (non-hydrogen) atoms. The van der Waals surface area contributed by atoms with E-state index in [4.69, 9.17) is 10.5 Å². The summed E-state index contributed by atoms with van der Waals surface area (Å²) in [6.07, 6.45) is 2.06. The molecule has 2 fully saturated rings. The fourth-order valence-electron chi connectivity index (χ4n) is 2.79. The van der Waals surface area contributed by atoms with Gasteiger partial charge < -0.3 is 10.5 Å². The highest BCUT2D eigenvalue weighted by Gasteiger charge is 2.51. The minimum absolute atomic E-state index is 0.0133. The quantitative estimate of drug-likeness (QED) is 0.751. The number of nitrogens with one attached hydrogen (secondary N) is 1. The first-order valence-corrected chi connectivity index (χ1v) is 7.93. The molecule has 1 heterocycles. The highest BCUT2D eigenvalue weighted by molar-refractivity contribution is 7.89. The van der Waals surface area contributed by atoms with E-state index in [1.165, 1.54) is 0 Å². The van der Waals surface area contributed by atoms with Crippen LogP contribution in [0.3, 0.4) is 0 Å². The third kappa shape index (κ3) is 2.81. The minimum atomic E-state index is -3.23. The van der Waals surface area contributed by atoms with E-state index in [0.29, 0.717) is 5.92 Å². The summed E-state index contributed by atoms with van der Waals surface area (Å²) in [7, 11) is -3.23. The zero-order valence-corrected chi connectivity index (χ0v) is 11.2. The molecule has 0 bridgehead atoms. The molecule has 0 radical (unpaired) electrons. The van der Waals surface area contributed by atoms with Gasteiger partial charge in [-0.2, -0.15) is 0 Å². The molecule has 2 rings (SSSR count). The van der Waals surface area contributed by atoms with E-state index in [1.807, 2.05) is 13.8 Å². The summed E-state index contributed by atoms with van der Waals surface area (Å²) in [5.41, 5.74) is 6.01. The lowest BCUT2D eigenvalue weighted by Crippen LogP contribution is -2.72. The summed E-state index contributed by atoms with van der Waals surface area (Å²) in [6, 6.07) is -0.328. The Morgan fingerprint density at radius 3 is 2.82 bits per heavy atom. The second kappa shape index (κ2) is 4.84. The molecule has 5 nitrogen and oxygen atoms in total. The van der Waals surface area contributed by atoms with Gasteiger partial charge in [0.1, 0.15) is 0 Å². The van der Waals surface area contributed by atoms with Crippen LogP contribution in [0.1, 0.15) is 26.7 Å². The Kier molecular flexibility index (Phi) is 3.77. The number of hydrogen-bond donors (Lipinski definition) is 2. The van der Waals surface area contributed by atoms with E-state index >= 15 is 0 Å². The predicted molar refractivity (Wildman–Crippen MR) is 66.0 cm³/mol. The minimum Gasteiger partial charge on any atom is -0.376 e. The van der Waals surface area contributed by atoms with Crippen LogP contribution in [0.2, 0.25) is 0 Å². The molecule has 1 saturated heterocycles. The fraction of sp³-hybridized carbons (Fsp3) is 1.00. The van der Waals surface area contributed by atoms with Crippen LogP contribution in [0.4, 0.5) is 0 Å². The van der Waals surface area contributed by atoms with Crippen LogP contribution in [-0.4, -0.2) is 39.0 Å². The smallest absolute Gasteiger partial charge is 0.212 e. The van der Waals surface area contributed by atoms with E-state index in [1.54, 1.807) is 0 Å². The van der Waals surface area contributed by atoms with Crippen LogP contribution in [0, 0.1) is 11.8 Å². The van der Waals surface area contributed by atoms with E-state index in [-0.39, 0.29) is 29.9 Å². The average molecular weight is 262 g/mol. The molecule has 0 amide bonds. The zero-order chi connectivity index (χ0) is 12.6. The van der Waals surface area contributed by atoms with Gasteiger partial charge in [-0.05, 0) is 18.8 Å². The van der Waals surface area contributed by atoms with Crippen molar-refractivity contribution in [3.63, 3.8) is 0 Å². The van der Waals surface area contributed by atoms with Crippen LogP contribution in [0.25, 0.3) is 0 Å². The van der Waals surface area contributed by atoms with Crippen LogP contribution < -0.4 is 10.5 Å². The first-order chi connectivity index (χ1) is 7.91. The van der Waals surface area contributed by atoms with Crippen molar-refractivity contribution in [3.05, 3.63) is 0 Å². The second-order valence-corrected chi connectivity index (χ2v) is 7.34. The van der Waals surface area contributed by atoms with Crippen molar-refractivity contribution in [2.45, 2.75) is 44.9 Å². The van der Waals surface area contributed by atoms with Gasteiger partial charge in [-0.1, -0.05) is 13.8 Å². The van der Waals surface area contributed by atoms with Gasteiger partial charge in [-0.3, -0.25) is 0 Å². The van der Waals surface area contributed by atoms with Crippen molar-refractivity contribution in [3.8, 4) is 0 Å². The Balaban J connectivity index is 1.95. The monoisotopic (exact) mass is 262 g/mol. The molecule has 0 aromatic carbocycles.